The van der Waals surface area contributed by atoms with Gasteiger partial charge in [0.05, 0.1) is 11.0 Å². The average molecular weight is 387 g/mol. The molecule has 0 spiro atoms. The largest absolute Gasteiger partial charge is 0.573 e. The fourth-order valence-corrected chi connectivity index (χ4v) is 3.73. The van der Waals surface area contributed by atoms with Gasteiger partial charge in [-0.1, -0.05) is 23.5 Å². The van der Waals surface area contributed by atoms with Gasteiger partial charge >= 0.3 is 11.4 Å². The zero-order valence-electron chi connectivity index (χ0n) is 13.5. The number of rotatable bonds is 5. The number of nitrogens with zero attached hydrogens (tertiary/aromatic N) is 2. The summed E-state index contributed by atoms with van der Waals surface area (Å²) >= 11 is 1.04. The first-order chi connectivity index (χ1) is 12.3. The van der Waals surface area contributed by atoms with Crippen molar-refractivity contribution in [3.05, 3.63) is 57.0 Å². The Morgan fingerprint density at radius 3 is 2.38 bits per heavy atom. The molecule has 1 aromatic carbocycles. The van der Waals surface area contributed by atoms with Crippen LogP contribution in [0.3, 0.4) is 0 Å². The topological polar surface area (TPSA) is 67.6 Å². The number of alkyl halides is 3. The molecular formula is C16H16F3N3O3S. The molecule has 1 aliphatic rings. The molecular weight excluding hydrogens is 371 g/mol. The van der Waals surface area contributed by atoms with E-state index in [-0.39, 0.29) is 16.8 Å². The second-order valence-corrected chi connectivity index (χ2v) is 6.67. The molecule has 0 aliphatic carbocycles. The van der Waals surface area contributed by atoms with Crippen molar-refractivity contribution < 1.29 is 22.8 Å². The van der Waals surface area contributed by atoms with Crippen LogP contribution in [0.1, 0.15) is 17.2 Å². The molecule has 1 atom stereocenters. The smallest absolute Gasteiger partial charge is 0.406 e. The Morgan fingerprint density at radius 2 is 1.85 bits per heavy atom. The van der Waals surface area contributed by atoms with E-state index >= 15 is 0 Å². The molecule has 2 aromatic rings. The lowest BCUT2D eigenvalue weighted by molar-refractivity contribution is -0.380. The van der Waals surface area contributed by atoms with Gasteiger partial charge in [-0.15, -0.1) is 13.2 Å². The molecule has 10 heteroatoms. The Balaban J connectivity index is 1.90. The highest BCUT2D eigenvalue weighted by atomic mass is 32.1. The first-order valence-corrected chi connectivity index (χ1v) is 8.75. The summed E-state index contributed by atoms with van der Waals surface area (Å²) in [6.07, 6.45) is -4.74. The highest BCUT2D eigenvalue weighted by Crippen LogP contribution is 2.35. The van der Waals surface area contributed by atoms with E-state index in [1.165, 1.54) is 18.2 Å². The summed E-state index contributed by atoms with van der Waals surface area (Å²) < 4.78 is 40.9. The lowest BCUT2D eigenvalue weighted by atomic mass is 9.98. The van der Waals surface area contributed by atoms with Gasteiger partial charge in [0, 0.05) is 37.6 Å². The molecule has 0 bridgehead atoms. The second-order valence-electron chi connectivity index (χ2n) is 5.78. The predicted molar refractivity (Wildman–Crippen MR) is 90.4 cm³/mol. The molecule has 2 heterocycles. The zero-order valence-corrected chi connectivity index (χ0v) is 14.3. The van der Waals surface area contributed by atoms with Gasteiger partial charge in [-0.2, -0.15) is 0 Å². The monoisotopic (exact) mass is 387 g/mol. The molecule has 26 heavy (non-hydrogen) atoms. The number of hydrogen-bond donors (Lipinski definition) is 1. The lowest BCUT2D eigenvalue weighted by Crippen LogP contribution is -2.45. The van der Waals surface area contributed by atoms with Crippen molar-refractivity contribution >= 4 is 16.3 Å². The number of ether oxygens (including phenoxy) is 1. The molecule has 1 aliphatic heterocycles. The summed E-state index contributed by atoms with van der Waals surface area (Å²) in [5, 5.41) is 16.0. The minimum Gasteiger partial charge on any atom is -0.406 e. The number of halogens is 3. The fraction of sp³-hybridized carbons (Fsp3) is 0.375. The molecule has 0 amide bonds. The maximum absolute atomic E-state index is 12.3. The van der Waals surface area contributed by atoms with Gasteiger partial charge in [-0.05, 0) is 23.3 Å². The van der Waals surface area contributed by atoms with Gasteiger partial charge in [0.1, 0.15) is 5.75 Å². The van der Waals surface area contributed by atoms with E-state index in [1.807, 2.05) is 0 Å². The third-order valence-electron chi connectivity index (χ3n) is 4.05. The summed E-state index contributed by atoms with van der Waals surface area (Å²) in [5.74, 6) is -0.295. The predicted octanol–water partition coefficient (Wildman–Crippen LogP) is 3.55. The van der Waals surface area contributed by atoms with Crippen LogP contribution in [-0.2, 0) is 0 Å². The maximum atomic E-state index is 12.3. The SMILES string of the molecule is O=[N+]([O-])c1cc([C@@H](c2ccc(OC(F)(F)F)cc2)N2CCNCC2)cs1. The average Bonchev–Trinajstić information content (AvgIpc) is 3.06. The van der Waals surface area contributed by atoms with Crippen LogP contribution >= 0.6 is 11.3 Å². The van der Waals surface area contributed by atoms with E-state index < -0.39 is 11.3 Å². The Morgan fingerprint density at radius 1 is 1.19 bits per heavy atom. The van der Waals surface area contributed by atoms with E-state index in [0.29, 0.717) is 0 Å². The molecule has 140 valence electrons. The Bertz CT molecular complexity index is 758. The van der Waals surface area contributed by atoms with Gasteiger partial charge in [0.15, 0.2) is 0 Å². The highest BCUT2D eigenvalue weighted by Gasteiger charge is 2.31. The number of nitro groups is 1. The van der Waals surface area contributed by atoms with Crippen molar-refractivity contribution in [2.75, 3.05) is 26.2 Å². The number of hydrogen-bond acceptors (Lipinski definition) is 6. The molecule has 0 saturated carbocycles. The summed E-state index contributed by atoms with van der Waals surface area (Å²) in [5.41, 5.74) is 1.52. The van der Waals surface area contributed by atoms with E-state index in [1.54, 1.807) is 17.5 Å². The molecule has 0 radical (unpaired) electrons. The normalized spacial score (nSPS) is 17.0. The summed E-state index contributed by atoms with van der Waals surface area (Å²) in [6.45, 7) is 3.01. The van der Waals surface area contributed by atoms with E-state index in [4.69, 9.17) is 0 Å². The van der Waals surface area contributed by atoms with E-state index in [2.05, 4.69) is 15.0 Å². The zero-order chi connectivity index (χ0) is 18.7. The van der Waals surface area contributed by atoms with Crippen LogP contribution in [0.2, 0.25) is 0 Å². The van der Waals surface area contributed by atoms with Crippen LogP contribution in [0.5, 0.6) is 5.75 Å². The third-order valence-corrected chi connectivity index (χ3v) is 4.95. The van der Waals surface area contributed by atoms with Crippen LogP contribution in [0.15, 0.2) is 35.7 Å². The fourth-order valence-electron chi connectivity index (χ4n) is 2.98. The molecule has 1 fully saturated rings. The number of nitrogens with one attached hydrogen (secondary N) is 1. The molecule has 1 saturated heterocycles. The van der Waals surface area contributed by atoms with Crippen molar-refractivity contribution in [3.63, 3.8) is 0 Å². The quantitative estimate of drug-likeness (QED) is 0.628. The first kappa shape index (κ1) is 18.6. The number of piperazine rings is 1. The molecule has 1 aromatic heterocycles. The second kappa shape index (κ2) is 7.60. The molecule has 1 N–H and O–H groups in total. The van der Waals surface area contributed by atoms with Gasteiger partial charge in [-0.25, -0.2) is 0 Å². The summed E-state index contributed by atoms with van der Waals surface area (Å²) in [7, 11) is 0. The van der Waals surface area contributed by atoms with Crippen molar-refractivity contribution in [3.8, 4) is 5.75 Å². The van der Waals surface area contributed by atoms with Crippen LogP contribution in [0.25, 0.3) is 0 Å². The Kier molecular flexibility index (Phi) is 5.44. The summed E-state index contributed by atoms with van der Waals surface area (Å²) in [6, 6.07) is 6.92. The van der Waals surface area contributed by atoms with Crippen molar-refractivity contribution in [2.24, 2.45) is 0 Å². The van der Waals surface area contributed by atoms with E-state index in [9.17, 15) is 23.3 Å². The van der Waals surface area contributed by atoms with Gasteiger partial charge < -0.3 is 10.1 Å². The van der Waals surface area contributed by atoms with Crippen LogP contribution in [-0.4, -0.2) is 42.4 Å². The van der Waals surface area contributed by atoms with Crippen molar-refractivity contribution in [2.45, 2.75) is 12.4 Å². The van der Waals surface area contributed by atoms with Crippen molar-refractivity contribution in [1.29, 1.82) is 0 Å². The minimum atomic E-state index is -4.74. The minimum absolute atomic E-state index is 0.0390. The standard InChI is InChI=1S/C16H16F3N3O3S/c17-16(18,19)25-13-3-1-11(2-4-13)15(21-7-5-20-6-8-21)12-9-14(22(23)24)26-10-12/h1-4,9-10,15,20H,5-8H2/t15-/m1/s1. The Labute approximate surface area is 151 Å². The highest BCUT2D eigenvalue weighted by molar-refractivity contribution is 7.13. The van der Waals surface area contributed by atoms with Gasteiger partial charge in [0.2, 0.25) is 0 Å². The van der Waals surface area contributed by atoms with Crippen LogP contribution in [0.4, 0.5) is 18.2 Å². The number of benzene rings is 1. The van der Waals surface area contributed by atoms with Crippen LogP contribution in [0, 0.1) is 10.1 Å². The molecule has 3 rings (SSSR count). The van der Waals surface area contributed by atoms with Gasteiger partial charge in [0.25, 0.3) is 0 Å². The van der Waals surface area contributed by atoms with Gasteiger partial charge in [-0.3, -0.25) is 15.0 Å². The van der Waals surface area contributed by atoms with Crippen molar-refractivity contribution in [1.82, 2.24) is 10.2 Å². The molecule has 6 nitrogen and oxygen atoms in total. The Hall–Kier alpha value is -2.17. The van der Waals surface area contributed by atoms with E-state index in [0.717, 1.165) is 48.6 Å². The van der Waals surface area contributed by atoms with Crippen LogP contribution < -0.4 is 10.1 Å². The maximum Gasteiger partial charge on any atom is 0.573 e. The molecule has 0 unspecified atom stereocenters. The third kappa shape index (κ3) is 4.51. The summed E-state index contributed by atoms with van der Waals surface area (Å²) in [4.78, 5) is 12.7. The first-order valence-electron chi connectivity index (χ1n) is 7.87. The number of thiophene rings is 1. The lowest BCUT2D eigenvalue weighted by Gasteiger charge is -2.35.